The van der Waals surface area contributed by atoms with Crippen LogP contribution < -0.4 is 15.1 Å². The number of imide groups is 1. The van der Waals surface area contributed by atoms with Gasteiger partial charge in [0.25, 0.3) is 0 Å². The Morgan fingerprint density at radius 1 is 0.949 bits per heavy atom. The highest BCUT2D eigenvalue weighted by atomic mass is 79.9. The molecular formula is C29H22BrN3O4S2. The number of carbonyl (C=O) groups is 3. The average molecular weight is 621 g/mol. The lowest BCUT2D eigenvalue weighted by molar-refractivity contribution is -0.122. The topological polar surface area (TPSA) is 88.5 Å². The molecule has 2 aliphatic rings. The molecule has 6 rings (SSSR count). The first-order chi connectivity index (χ1) is 18.8. The Balaban J connectivity index is 1.42. The van der Waals surface area contributed by atoms with E-state index in [4.69, 9.17) is 0 Å². The molecule has 1 N–H and O–H groups in total. The van der Waals surface area contributed by atoms with Crippen LogP contribution in [0.3, 0.4) is 0 Å². The standard InChI is InChI=1S/C29H22BrN3O4S2/c1-16-7-5-10-19(13-16)31-21(34)15-32-28-25(39-29(32)37)22(17-8-6-9-18(30)14-17)23-24(38-28)27(36)33(26(23)35)20-11-3-2-4-12-20/h2-14,22-24H,15H2,1H3,(H,31,34)/t22-,23?,24?/m1/s1. The molecule has 2 unspecified atom stereocenters. The minimum absolute atomic E-state index is 0.196. The number of nitrogens with one attached hydrogen (secondary N) is 1. The Bertz CT molecular complexity index is 1680. The van der Waals surface area contributed by atoms with Crippen molar-refractivity contribution in [3.63, 3.8) is 0 Å². The van der Waals surface area contributed by atoms with E-state index in [1.807, 2.05) is 55.5 Å². The number of thioether (sulfide) groups is 1. The molecule has 3 atom stereocenters. The molecule has 7 nitrogen and oxygen atoms in total. The van der Waals surface area contributed by atoms with Crippen molar-refractivity contribution in [3.8, 4) is 0 Å². The largest absolute Gasteiger partial charge is 0.325 e. The number of thiazole rings is 1. The fraction of sp³-hybridized carbons (Fsp3) is 0.172. The fourth-order valence-corrected chi connectivity index (χ4v) is 8.40. The summed E-state index contributed by atoms with van der Waals surface area (Å²) >= 11 is 5.77. The third-order valence-electron chi connectivity index (χ3n) is 6.87. The smallest absolute Gasteiger partial charge is 0.308 e. The SMILES string of the molecule is Cc1cccc(NC(=O)Cn2c3c(sc2=O)[C@H](c2cccc(Br)c2)C2C(=O)N(c4ccccc4)C(=O)C2S3)c1. The zero-order valence-corrected chi connectivity index (χ0v) is 23.9. The van der Waals surface area contributed by atoms with Gasteiger partial charge in [-0.05, 0) is 54.4 Å². The van der Waals surface area contributed by atoms with Gasteiger partial charge in [-0.15, -0.1) is 0 Å². The van der Waals surface area contributed by atoms with E-state index < -0.39 is 17.1 Å². The molecule has 3 heterocycles. The molecule has 4 aromatic rings. The van der Waals surface area contributed by atoms with Gasteiger partial charge in [-0.2, -0.15) is 0 Å². The number of hydrogen-bond acceptors (Lipinski definition) is 6. The van der Waals surface area contributed by atoms with E-state index in [0.717, 1.165) is 26.9 Å². The summed E-state index contributed by atoms with van der Waals surface area (Å²) in [6.45, 7) is 1.74. The minimum atomic E-state index is -0.728. The minimum Gasteiger partial charge on any atom is -0.325 e. The second-order valence-corrected chi connectivity index (χ2v) is 12.5. The quantitative estimate of drug-likeness (QED) is 0.302. The van der Waals surface area contributed by atoms with Crippen LogP contribution in [-0.2, 0) is 20.9 Å². The summed E-state index contributed by atoms with van der Waals surface area (Å²) in [7, 11) is 0. The van der Waals surface area contributed by atoms with Gasteiger partial charge in [0.1, 0.15) is 11.8 Å². The number of nitrogens with zero attached hydrogens (tertiary/aromatic N) is 2. The molecule has 0 radical (unpaired) electrons. The maximum absolute atomic E-state index is 13.9. The monoisotopic (exact) mass is 619 g/mol. The summed E-state index contributed by atoms with van der Waals surface area (Å²) in [5.41, 5.74) is 3.00. The first-order valence-corrected chi connectivity index (χ1v) is 14.8. The number of benzene rings is 3. The number of para-hydroxylation sites is 1. The molecular weight excluding hydrogens is 598 g/mol. The molecule has 1 fully saturated rings. The third kappa shape index (κ3) is 4.66. The van der Waals surface area contributed by atoms with E-state index in [9.17, 15) is 19.2 Å². The molecule has 1 saturated heterocycles. The van der Waals surface area contributed by atoms with E-state index >= 15 is 0 Å². The van der Waals surface area contributed by atoms with Gasteiger partial charge < -0.3 is 5.32 Å². The van der Waals surface area contributed by atoms with Crippen molar-refractivity contribution < 1.29 is 14.4 Å². The highest BCUT2D eigenvalue weighted by Crippen LogP contribution is 2.54. The molecule has 2 aliphatic heterocycles. The van der Waals surface area contributed by atoms with Gasteiger partial charge in [-0.25, -0.2) is 4.90 Å². The lowest BCUT2D eigenvalue weighted by Crippen LogP contribution is -2.33. The Labute approximate surface area is 241 Å². The lowest BCUT2D eigenvalue weighted by atomic mass is 9.83. The van der Waals surface area contributed by atoms with Crippen molar-refractivity contribution in [3.05, 3.63) is 109 Å². The highest BCUT2D eigenvalue weighted by Gasteiger charge is 2.56. The molecule has 0 saturated carbocycles. The fourth-order valence-electron chi connectivity index (χ4n) is 5.21. The molecule has 0 bridgehead atoms. The van der Waals surface area contributed by atoms with E-state index in [1.54, 1.807) is 30.3 Å². The Morgan fingerprint density at radius 2 is 1.72 bits per heavy atom. The van der Waals surface area contributed by atoms with Crippen LogP contribution in [-0.4, -0.2) is 27.5 Å². The molecule has 10 heteroatoms. The number of anilines is 2. The van der Waals surface area contributed by atoms with Crippen LogP contribution in [0.1, 0.15) is 21.9 Å². The lowest BCUT2D eigenvalue weighted by Gasteiger charge is -2.30. The van der Waals surface area contributed by atoms with Crippen molar-refractivity contribution in [1.29, 1.82) is 0 Å². The van der Waals surface area contributed by atoms with Crippen molar-refractivity contribution in [2.75, 3.05) is 10.2 Å². The predicted molar refractivity (Wildman–Crippen MR) is 156 cm³/mol. The van der Waals surface area contributed by atoms with Crippen LogP contribution in [0, 0.1) is 12.8 Å². The van der Waals surface area contributed by atoms with Crippen LogP contribution in [0.15, 0.2) is 93.2 Å². The van der Waals surface area contributed by atoms with Gasteiger partial charge in [-0.3, -0.25) is 23.7 Å². The van der Waals surface area contributed by atoms with E-state index in [0.29, 0.717) is 21.3 Å². The number of aryl methyl sites for hydroxylation is 1. The molecule has 1 aromatic heterocycles. The van der Waals surface area contributed by atoms with Crippen LogP contribution in [0.25, 0.3) is 0 Å². The summed E-state index contributed by atoms with van der Waals surface area (Å²) < 4.78 is 2.26. The van der Waals surface area contributed by atoms with Gasteiger partial charge in [0.05, 0.1) is 16.6 Å². The number of fused-ring (bicyclic) bond motifs is 2. The van der Waals surface area contributed by atoms with Crippen LogP contribution in [0.2, 0.25) is 0 Å². The molecule has 3 amide bonds. The first kappa shape index (κ1) is 25.8. The number of amides is 3. The molecule has 3 aromatic carbocycles. The Kier molecular flexibility index (Phi) is 6.78. The molecule has 196 valence electrons. The number of hydrogen-bond donors (Lipinski definition) is 1. The van der Waals surface area contributed by atoms with Crippen LogP contribution in [0.5, 0.6) is 0 Å². The molecule has 0 spiro atoms. The maximum atomic E-state index is 13.9. The third-order valence-corrected chi connectivity index (χ3v) is 9.97. The number of carbonyl (C=O) groups excluding carboxylic acids is 3. The van der Waals surface area contributed by atoms with E-state index in [-0.39, 0.29) is 29.1 Å². The van der Waals surface area contributed by atoms with Gasteiger partial charge in [0, 0.05) is 21.0 Å². The Hall–Kier alpha value is -3.47. The van der Waals surface area contributed by atoms with Crippen molar-refractivity contribution in [2.45, 2.75) is 29.7 Å². The molecule has 39 heavy (non-hydrogen) atoms. The number of aromatic nitrogens is 1. The van der Waals surface area contributed by atoms with Gasteiger partial charge in [-0.1, -0.05) is 81.5 Å². The van der Waals surface area contributed by atoms with E-state index in [2.05, 4.69) is 21.2 Å². The zero-order chi connectivity index (χ0) is 27.3. The predicted octanol–water partition coefficient (Wildman–Crippen LogP) is 5.42. The van der Waals surface area contributed by atoms with Crippen molar-refractivity contribution in [1.82, 2.24) is 4.57 Å². The Morgan fingerprint density at radius 3 is 2.46 bits per heavy atom. The van der Waals surface area contributed by atoms with Gasteiger partial charge in [0.2, 0.25) is 17.7 Å². The molecule has 0 aliphatic carbocycles. The second-order valence-electron chi connectivity index (χ2n) is 9.49. The summed E-state index contributed by atoms with van der Waals surface area (Å²) in [5.74, 6) is -2.14. The summed E-state index contributed by atoms with van der Waals surface area (Å²) in [6, 6.07) is 23.9. The van der Waals surface area contributed by atoms with Crippen LogP contribution >= 0.6 is 39.0 Å². The van der Waals surface area contributed by atoms with Gasteiger partial charge in [0.15, 0.2) is 0 Å². The normalized spacial score (nSPS) is 20.1. The number of rotatable bonds is 5. The summed E-state index contributed by atoms with van der Waals surface area (Å²) in [6.07, 6.45) is 0. The van der Waals surface area contributed by atoms with Gasteiger partial charge >= 0.3 is 4.87 Å². The summed E-state index contributed by atoms with van der Waals surface area (Å²) in [4.78, 5) is 55.5. The average Bonchev–Trinajstić information content (AvgIpc) is 3.35. The van der Waals surface area contributed by atoms with Crippen molar-refractivity contribution >= 4 is 68.1 Å². The highest BCUT2D eigenvalue weighted by molar-refractivity contribution is 9.10. The maximum Gasteiger partial charge on any atom is 0.308 e. The van der Waals surface area contributed by atoms with Crippen molar-refractivity contribution in [2.24, 2.45) is 5.92 Å². The first-order valence-electron chi connectivity index (χ1n) is 12.3. The number of halogens is 1. The second kappa shape index (κ2) is 10.3. The van der Waals surface area contributed by atoms with E-state index in [1.165, 1.54) is 21.2 Å². The zero-order valence-electron chi connectivity index (χ0n) is 20.7. The summed E-state index contributed by atoms with van der Waals surface area (Å²) in [5, 5.41) is 2.69. The van der Waals surface area contributed by atoms with Crippen LogP contribution in [0.4, 0.5) is 11.4 Å².